The highest BCUT2D eigenvalue weighted by atomic mass is 19.1. The number of nitrogens with zero attached hydrogens (tertiary/aromatic N) is 2. The van der Waals surface area contributed by atoms with Crippen LogP contribution in [-0.4, -0.2) is 48.3 Å². The van der Waals surface area contributed by atoms with E-state index in [1.807, 2.05) is 6.92 Å². The number of hydrogen-bond acceptors (Lipinski definition) is 3. The Kier molecular flexibility index (Phi) is 5.23. The van der Waals surface area contributed by atoms with Crippen molar-refractivity contribution in [3.63, 3.8) is 0 Å². The number of anilines is 2. The van der Waals surface area contributed by atoms with Crippen LogP contribution in [0.5, 0.6) is 0 Å². The maximum Gasteiger partial charge on any atom is 0.321 e. The summed E-state index contributed by atoms with van der Waals surface area (Å²) in [5.41, 5.74) is 1.38. The molecule has 2 atom stereocenters. The van der Waals surface area contributed by atoms with Crippen molar-refractivity contribution in [2.24, 2.45) is 5.92 Å². The highest BCUT2D eigenvalue weighted by Crippen LogP contribution is 2.30. The van der Waals surface area contributed by atoms with Gasteiger partial charge in [-0.1, -0.05) is 6.92 Å². The number of aliphatic hydroxyl groups excluding tert-OH is 1. The second kappa shape index (κ2) is 7.38. The Morgan fingerprint density at radius 2 is 2.00 bits per heavy atom. The molecule has 2 unspecified atom stereocenters. The predicted molar refractivity (Wildman–Crippen MR) is 92.8 cm³/mol. The Hall–Kier alpha value is -1.82. The molecule has 0 aliphatic carbocycles. The molecule has 0 bridgehead atoms. The molecular formula is C18H26FN3O2. The molecule has 3 rings (SSSR count). The fourth-order valence-corrected chi connectivity index (χ4v) is 3.45. The number of piperidine rings is 2. The van der Waals surface area contributed by atoms with E-state index in [1.54, 1.807) is 11.0 Å². The van der Waals surface area contributed by atoms with Crippen LogP contribution >= 0.6 is 0 Å². The van der Waals surface area contributed by atoms with Gasteiger partial charge in [-0.05, 0) is 49.8 Å². The van der Waals surface area contributed by atoms with Crippen LogP contribution in [0.1, 0.15) is 32.6 Å². The second-order valence-electron chi connectivity index (χ2n) is 6.92. The lowest BCUT2D eigenvalue weighted by Gasteiger charge is -2.35. The van der Waals surface area contributed by atoms with Gasteiger partial charge in [-0.25, -0.2) is 9.18 Å². The Bertz CT molecular complexity index is 590. The zero-order valence-corrected chi connectivity index (χ0v) is 14.2. The summed E-state index contributed by atoms with van der Waals surface area (Å²) in [4.78, 5) is 16.3. The van der Waals surface area contributed by atoms with Crippen molar-refractivity contribution in [2.45, 2.75) is 38.7 Å². The lowest BCUT2D eigenvalue weighted by molar-refractivity contribution is 0.0464. The van der Waals surface area contributed by atoms with E-state index in [-0.39, 0.29) is 17.8 Å². The van der Waals surface area contributed by atoms with E-state index in [4.69, 9.17) is 0 Å². The fraction of sp³-hybridized carbons (Fsp3) is 0.611. The van der Waals surface area contributed by atoms with Gasteiger partial charge in [0, 0.05) is 26.2 Å². The molecule has 132 valence electrons. The van der Waals surface area contributed by atoms with Crippen LogP contribution in [-0.2, 0) is 0 Å². The number of hydrogen-bond donors (Lipinski definition) is 2. The van der Waals surface area contributed by atoms with Crippen molar-refractivity contribution in [1.82, 2.24) is 4.90 Å². The fourth-order valence-electron chi connectivity index (χ4n) is 3.45. The van der Waals surface area contributed by atoms with Gasteiger partial charge in [0.05, 0.1) is 17.5 Å². The summed E-state index contributed by atoms with van der Waals surface area (Å²) in [5, 5.41) is 12.8. The quantitative estimate of drug-likeness (QED) is 0.873. The van der Waals surface area contributed by atoms with Crippen LogP contribution in [0.15, 0.2) is 18.2 Å². The first-order valence-electron chi connectivity index (χ1n) is 8.83. The first-order chi connectivity index (χ1) is 11.5. The number of rotatable bonds is 2. The largest absolute Gasteiger partial charge is 0.391 e. The molecule has 2 fully saturated rings. The molecule has 2 aliphatic heterocycles. The number of nitrogens with one attached hydrogen (secondary N) is 1. The van der Waals surface area contributed by atoms with Gasteiger partial charge in [-0.3, -0.25) is 0 Å². The number of aliphatic hydroxyl groups is 1. The van der Waals surface area contributed by atoms with Crippen molar-refractivity contribution in [3.8, 4) is 0 Å². The average molecular weight is 335 g/mol. The van der Waals surface area contributed by atoms with Crippen molar-refractivity contribution in [2.75, 3.05) is 36.4 Å². The molecule has 2 aliphatic rings. The van der Waals surface area contributed by atoms with Gasteiger partial charge in [0.25, 0.3) is 0 Å². The first kappa shape index (κ1) is 17.0. The highest BCUT2D eigenvalue weighted by Gasteiger charge is 2.28. The standard InChI is InChI=1S/C18H26FN3O2/c1-13-7-10-22(12-17(13)23)18(24)20-15-11-14(19)5-6-16(15)21-8-3-2-4-9-21/h5-6,11,13,17,23H,2-4,7-10,12H2,1H3,(H,20,24). The monoisotopic (exact) mass is 335 g/mol. The first-order valence-corrected chi connectivity index (χ1v) is 8.83. The number of β-amino-alcohol motifs (C(OH)–C–C–N with tert-alkyl or cyclic N) is 1. The molecule has 6 heteroatoms. The third kappa shape index (κ3) is 3.80. The van der Waals surface area contributed by atoms with Gasteiger partial charge in [0.1, 0.15) is 5.82 Å². The van der Waals surface area contributed by atoms with Gasteiger partial charge < -0.3 is 20.2 Å². The van der Waals surface area contributed by atoms with Gasteiger partial charge >= 0.3 is 6.03 Å². The molecule has 5 nitrogen and oxygen atoms in total. The number of likely N-dealkylation sites (tertiary alicyclic amines) is 1. The van der Waals surface area contributed by atoms with Crippen molar-refractivity contribution >= 4 is 17.4 Å². The van der Waals surface area contributed by atoms with Crippen LogP contribution in [0.2, 0.25) is 0 Å². The molecule has 24 heavy (non-hydrogen) atoms. The minimum atomic E-state index is -0.501. The van der Waals surface area contributed by atoms with Crippen LogP contribution in [0, 0.1) is 11.7 Å². The van der Waals surface area contributed by atoms with Crippen LogP contribution in [0.3, 0.4) is 0 Å². The van der Waals surface area contributed by atoms with E-state index >= 15 is 0 Å². The second-order valence-corrected chi connectivity index (χ2v) is 6.92. The molecule has 2 saturated heterocycles. The summed E-state index contributed by atoms with van der Waals surface area (Å²) in [6.07, 6.45) is 3.71. The number of benzene rings is 1. The van der Waals surface area contributed by atoms with Crippen molar-refractivity contribution < 1.29 is 14.3 Å². The third-order valence-corrected chi connectivity index (χ3v) is 5.10. The molecule has 2 N–H and O–H groups in total. The number of halogens is 1. The van der Waals surface area contributed by atoms with E-state index in [0.29, 0.717) is 18.8 Å². The molecule has 2 heterocycles. The number of amides is 2. The van der Waals surface area contributed by atoms with E-state index in [9.17, 15) is 14.3 Å². The molecule has 2 amide bonds. The van der Waals surface area contributed by atoms with Crippen LogP contribution < -0.4 is 10.2 Å². The SMILES string of the molecule is CC1CCN(C(=O)Nc2cc(F)ccc2N2CCCCC2)CC1O. The lowest BCUT2D eigenvalue weighted by Crippen LogP contribution is -2.47. The highest BCUT2D eigenvalue weighted by molar-refractivity contribution is 5.93. The number of urea groups is 1. The van der Waals surface area contributed by atoms with E-state index in [0.717, 1.165) is 38.0 Å². The summed E-state index contributed by atoms with van der Waals surface area (Å²) < 4.78 is 13.7. The zero-order valence-electron chi connectivity index (χ0n) is 14.2. The number of carbonyl (C=O) groups is 1. The smallest absolute Gasteiger partial charge is 0.321 e. The Morgan fingerprint density at radius 3 is 2.71 bits per heavy atom. The number of carbonyl (C=O) groups excluding carboxylic acids is 1. The lowest BCUT2D eigenvalue weighted by atomic mass is 9.96. The predicted octanol–water partition coefficient (Wildman–Crippen LogP) is 3.05. The Morgan fingerprint density at radius 1 is 1.25 bits per heavy atom. The van der Waals surface area contributed by atoms with E-state index in [2.05, 4.69) is 10.2 Å². The molecule has 0 spiro atoms. The summed E-state index contributed by atoms with van der Waals surface area (Å²) in [6, 6.07) is 4.28. The average Bonchev–Trinajstić information content (AvgIpc) is 2.58. The molecule has 1 aromatic rings. The van der Waals surface area contributed by atoms with E-state index < -0.39 is 6.10 Å². The van der Waals surface area contributed by atoms with Gasteiger partial charge in [-0.2, -0.15) is 0 Å². The Balaban J connectivity index is 1.73. The van der Waals surface area contributed by atoms with Crippen molar-refractivity contribution in [1.29, 1.82) is 0 Å². The normalized spacial score (nSPS) is 24.8. The maximum absolute atomic E-state index is 13.7. The van der Waals surface area contributed by atoms with Crippen LogP contribution in [0.25, 0.3) is 0 Å². The summed E-state index contributed by atoms with van der Waals surface area (Å²) in [5.74, 6) is -0.162. The molecule has 1 aromatic carbocycles. The van der Waals surface area contributed by atoms with Crippen LogP contribution in [0.4, 0.5) is 20.6 Å². The van der Waals surface area contributed by atoms with E-state index in [1.165, 1.54) is 18.6 Å². The molecule has 0 aromatic heterocycles. The summed E-state index contributed by atoms with van der Waals surface area (Å²) >= 11 is 0. The zero-order chi connectivity index (χ0) is 17.1. The van der Waals surface area contributed by atoms with Gasteiger partial charge in [0.15, 0.2) is 0 Å². The topological polar surface area (TPSA) is 55.8 Å². The Labute approximate surface area is 142 Å². The molecular weight excluding hydrogens is 309 g/mol. The minimum absolute atomic E-state index is 0.201. The molecule has 0 radical (unpaired) electrons. The third-order valence-electron chi connectivity index (χ3n) is 5.10. The maximum atomic E-state index is 13.7. The molecule has 0 saturated carbocycles. The van der Waals surface area contributed by atoms with Gasteiger partial charge in [0.2, 0.25) is 0 Å². The van der Waals surface area contributed by atoms with Crippen molar-refractivity contribution in [3.05, 3.63) is 24.0 Å². The minimum Gasteiger partial charge on any atom is -0.391 e. The summed E-state index contributed by atoms with van der Waals surface area (Å²) in [7, 11) is 0. The van der Waals surface area contributed by atoms with Gasteiger partial charge in [-0.15, -0.1) is 0 Å². The summed E-state index contributed by atoms with van der Waals surface area (Å²) in [6.45, 7) is 4.77.